The van der Waals surface area contributed by atoms with E-state index in [2.05, 4.69) is 15.1 Å². The van der Waals surface area contributed by atoms with E-state index in [4.69, 9.17) is 4.74 Å². The number of hydrogen-bond donors (Lipinski definition) is 2. The van der Waals surface area contributed by atoms with Crippen LogP contribution in [0.2, 0.25) is 0 Å². The third-order valence-electron chi connectivity index (χ3n) is 5.04. The normalized spacial score (nSPS) is 34.0. The highest BCUT2D eigenvalue weighted by molar-refractivity contribution is 4.94. The third-order valence-corrected chi connectivity index (χ3v) is 5.04. The van der Waals surface area contributed by atoms with Gasteiger partial charge in [0.15, 0.2) is 0 Å². The average Bonchev–Trinajstić information content (AvgIpc) is 2.89. The monoisotopic (exact) mass is 283 g/mol. The minimum absolute atomic E-state index is 0.259. The summed E-state index contributed by atoms with van der Waals surface area (Å²) in [7, 11) is 0. The first-order chi connectivity index (χ1) is 9.83. The molecule has 3 atom stereocenters. The summed E-state index contributed by atoms with van der Waals surface area (Å²) in [5, 5.41) is 13.8. The highest BCUT2D eigenvalue weighted by Crippen LogP contribution is 2.26. The minimum Gasteiger partial charge on any atom is -0.390 e. The van der Waals surface area contributed by atoms with Gasteiger partial charge in [0, 0.05) is 44.8 Å². The quantitative estimate of drug-likeness (QED) is 0.738. The molecule has 0 bridgehead atoms. The summed E-state index contributed by atoms with van der Waals surface area (Å²) >= 11 is 0. The zero-order valence-corrected chi connectivity index (χ0v) is 12.5. The number of piperidine rings is 1. The smallest absolute Gasteiger partial charge is 0.0791 e. The summed E-state index contributed by atoms with van der Waals surface area (Å²) < 4.78 is 5.34. The molecule has 5 heteroatoms. The molecular weight excluding hydrogens is 254 g/mol. The van der Waals surface area contributed by atoms with Crippen molar-refractivity contribution in [1.29, 1.82) is 0 Å². The van der Waals surface area contributed by atoms with Gasteiger partial charge < -0.3 is 15.2 Å². The minimum atomic E-state index is -0.259. The molecule has 0 aromatic carbocycles. The van der Waals surface area contributed by atoms with Crippen molar-refractivity contribution in [2.45, 2.75) is 43.9 Å². The Balaban J connectivity index is 1.38. The Morgan fingerprint density at radius 2 is 1.95 bits per heavy atom. The van der Waals surface area contributed by atoms with Gasteiger partial charge in [-0.15, -0.1) is 0 Å². The van der Waals surface area contributed by atoms with Gasteiger partial charge in [0.05, 0.1) is 19.3 Å². The molecule has 3 heterocycles. The van der Waals surface area contributed by atoms with Crippen LogP contribution in [-0.2, 0) is 4.74 Å². The highest BCUT2D eigenvalue weighted by atomic mass is 16.5. The Morgan fingerprint density at radius 3 is 2.80 bits per heavy atom. The Kier molecular flexibility index (Phi) is 5.29. The van der Waals surface area contributed by atoms with Gasteiger partial charge in [-0.05, 0) is 25.8 Å². The molecule has 0 amide bonds. The van der Waals surface area contributed by atoms with Crippen molar-refractivity contribution in [3.8, 4) is 0 Å². The standard InChI is InChI=1S/C15H29N3O2/c19-13(12-17-7-9-20-10-8-17)11-16-14-4-6-18-5-2-1-3-15(14)18/h13-16,19H,1-12H2. The van der Waals surface area contributed by atoms with Crippen LogP contribution in [0.15, 0.2) is 0 Å². The Labute approximate surface area is 122 Å². The van der Waals surface area contributed by atoms with Crippen molar-refractivity contribution in [3.63, 3.8) is 0 Å². The van der Waals surface area contributed by atoms with Crippen molar-refractivity contribution < 1.29 is 9.84 Å². The molecule has 0 aliphatic carbocycles. The average molecular weight is 283 g/mol. The fourth-order valence-electron chi connectivity index (χ4n) is 3.92. The second-order valence-electron chi connectivity index (χ2n) is 6.47. The molecule has 20 heavy (non-hydrogen) atoms. The molecule has 0 aromatic heterocycles. The molecule has 116 valence electrons. The summed E-state index contributed by atoms with van der Waals surface area (Å²) in [6, 6.07) is 1.31. The molecule has 2 N–H and O–H groups in total. The first kappa shape index (κ1) is 14.7. The highest BCUT2D eigenvalue weighted by Gasteiger charge is 2.35. The maximum absolute atomic E-state index is 10.2. The largest absolute Gasteiger partial charge is 0.390 e. The van der Waals surface area contributed by atoms with Gasteiger partial charge in [-0.1, -0.05) is 6.42 Å². The summed E-state index contributed by atoms with van der Waals surface area (Å²) in [4.78, 5) is 4.94. The number of hydrogen-bond acceptors (Lipinski definition) is 5. The lowest BCUT2D eigenvalue weighted by atomic mass is 9.99. The summed E-state index contributed by atoms with van der Waals surface area (Å²) in [6.07, 6.45) is 5.05. The lowest BCUT2D eigenvalue weighted by Gasteiger charge is -2.33. The Bertz CT molecular complexity index is 297. The zero-order chi connectivity index (χ0) is 13.8. The van der Waals surface area contributed by atoms with Crippen molar-refractivity contribution in [1.82, 2.24) is 15.1 Å². The number of morpholine rings is 1. The number of aliphatic hydroxyl groups excluding tert-OH is 1. The van der Waals surface area contributed by atoms with E-state index in [9.17, 15) is 5.11 Å². The Hall–Kier alpha value is -0.200. The van der Waals surface area contributed by atoms with E-state index < -0.39 is 0 Å². The van der Waals surface area contributed by atoms with Crippen LogP contribution < -0.4 is 5.32 Å². The summed E-state index contributed by atoms with van der Waals surface area (Å²) in [5.41, 5.74) is 0. The number of aliphatic hydroxyl groups is 1. The molecular formula is C15H29N3O2. The topological polar surface area (TPSA) is 48.0 Å². The van der Waals surface area contributed by atoms with E-state index >= 15 is 0 Å². The van der Waals surface area contributed by atoms with Crippen LogP contribution in [0.25, 0.3) is 0 Å². The van der Waals surface area contributed by atoms with Crippen LogP contribution in [-0.4, -0.2) is 85.6 Å². The van der Waals surface area contributed by atoms with E-state index in [1.807, 2.05) is 0 Å². The molecule has 3 aliphatic rings. The number of fused-ring (bicyclic) bond motifs is 1. The maximum atomic E-state index is 10.2. The Morgan fingerprint density at radius 1 is 1.10 bits per heavy atom. The SMILES string of the molecule is OC(CNC1CCN2CCCCC12)CN1CCOCC1. The van der Waals surface area contributed by atoms with E-state index in [1.165, 1.54) is 38.8 Å². The van der Waals surface area contributed by atoms with Gasteiger partial charge in [-0.2, -0.15) is 0 Å². The maximum Gasteiger partial charge on any atom is 0.0791 e. The summed E-state index contributed by atoms with van der Waals surface area (Å²) in [6.45, 7) is 7.54. The van der Waals surface area contributed by atoms with Crippen LogP contribution >= 0.6 is 0 Å². The van der Waals surface area contributed by atoms with E-state index in [0.29, 0.717) is 6.04 Å². The predicted octanol–water partition coefficient (Wildman–Crippen LogP) is -0.104. The second kappa shape index (κ2) is 7.18. The van der Waals surface area contributed by atoms with Crippen molar-refractivity contribution in [2.24, 2.45) is 0 Å². The molecule has 3 fully saturated rings. The van der Waals surface area contributed by atoms with Crippen LogP contribution in [0.4, 0.5) is 0 Å². The van der Waals surface area contributed by atoms with Gasteiger partial charge in [0.1, 0.15) is 0 Å². The molecule has 0 aromatic rings. The fraction of sp³-hybridized carbons (Fsp3) is 1.00. The zero-order valence-electron chi connectivity index (χ0n) is 12.5. The number of ether oxygens (including phenoxy) is 1. The van der Waals surface area contributed by atoms with E-state index in [0.717, 1.165) is 45.4 Å². The lowest BCUT2D eigenvalue weighted by molar-refractivity contribution is 0.0141. The van der Waals surface area contributed by atoms with Gasteiger partial charge in [0.2, 0.25) is 0 Å². The van der Waals surface area contributed by atoms with Crippen LogP contribution in [0.3, 0.4) is 0 Å². The molecule has 0 spiro atoms. The lowest BCUT2D eigenvalue weighted by Crippen LogP contribution is -2.49. The molecule has 0 saturated carbocycles. The van der Waals surface area contributed by atoms with Crippen LogP contribution in [0.5, 0.6) is 0 Å². The van der Waals surface area contributed by atoms with Crippen molar-refractivity contribution in [2.75, 3.05) is 52.5 Å². The first-order valence-electron chi connectivity index (χ1n) is 8.28. The number of nitrogens with zero attached hydrogens (tertiary/aromatic N) is 2. The molecule has 3 rings (SSSR count). The molecule has 3 aliphatic heterocycles. The third kappa shape index (κ3) is 3.71. The van der Waals surface area contributed by atoms with Crippen LogP contribution in [0.1, 0.15) is 25.7 Å². The second-order valence-corrected chi connectivity index (χ2v) is 6.47. The molecule has 3 unspecified atom stereocenters. The van der Waals surface area contributed by atoms with Gasteiger partial charge in [0.25, 0.3) is 0 Å². The summed E-state index contributed by atoms with van der Waals surface area (Å²) in [5.74, 6) is 0. The molecule has 3 saturated heterocycles. The number of nitrogens with one attached hydrogen (secondary N) is 1. The number of β-amino-alcohol motifs (C(OH)–C–C–N with tert-alkyl or cyclic N) is 1. The van der Waals surface area contributed by atoms with Gasteiger partial charge in [-0.25, -0.2) is 0 Å². The fourth-order valence-corrected chi connectivity index (χ4v) is 3.92. The predicted molar refractivity (Wildman–Crippen MR) is 78.9 cm³/mol. The van der Waals surface area contributed by atoms with Gasteiger partial charge >= 0.3 is 0 Å². The molecule has 5 nitrogen and oxygen atoms in total. The number of rotatable bonds is 5. The first-order valence-corrected chi connectivity index (χ1v) is 8.28. The van der Waals surface area contributed by atoms with Crippen molar-refractivity contribution in [3.05, 3.63) is 0 Å². The van der Waals surface area contributed by atoms with E-state index in [1.54, 1.807) is 0 Å². The molecule has 0 radical (unpaired) electrons. The van der Waals surface area contributed by atoms with Crippen molar-refractivity contribution >= 4 is 0 Å². The van der Waals surface area contributed by atoms with Crippen LogP contribution in [0, 0.1) is 0 Å². The van der Waals surface area contributed by atoms with Gasteiger partial charge in [-0.3, -0.25) is 9.80 Å². The van der Waals surface area contributed by atoms with E-state index in [-0.39, 0.29) is 6.10 Å².